The fraction of sp³-hybridized carbons (Fsp3) is 0.375. The number of nitrogens with zero attached hydrogens (tertiary/aromatic N) is 1. The van der Waals surface area contributed by atoms with Crippen molar-refractivity contribution in [3.8, 4) is 0 Å². The number of benzene rings is 1. The van der Waals surface area contributed by atoms with Gasteiger partial charge in [-0.1, -0.05) is 23.7 Å². The van der Waals surface area contributed by atoms with E-state index >= 15 is 0 Å². The van der Waals surface area contributed by atoms with E-state index in [1.165, 1.54) is 4.88 Å². The first-order chi connectivity index (χ1) is 11.0. The third kappa shape index (κ3) is 3.61. The number of halogens is 1. The van der Waals surface area contributed by atoms with Crippen LogP contribution in [0.25, 0.3) is 0 Å². The first kappa shape index (κ1) is 17.3. The van der Waals surface area contributed by atoms with E-state index in [4.69, 9.17) is 11.6 Å². The van der Waals surface area contributed by atoms with Crippen LogP contribution in [-0.4, -0.2) is 31.6 Å². The van der Waals surface area contributed by atoms with E-state index in [2.05, 4.69) is 17.5 Å². The molecule has 7 heteroatoms. The molecule has 1 aliphatic rings. The van der Waals surface area contributed by atoms with Crippen LogP contribution >= 0.6 is 34.7 Å². The van der Waals surface area contributed by atoms with Gasteiger partial charge >= 0.3 is 0 Å². The molecule has 1 saturated heterocycles. The molecule has 0 aliphatic carbocycles. The van der Waals surface area contributed by atoms with Crippen molar-refractivity contribution < 1.29 is 8.42 Å². The molecule has 1 fully saturated rings. The minimum absolute atomic E-state index is 0.324. The van der Waals surface area contributed by atoms with Crippen molar-refractivity contribution in [1.29, 1.82) is 0 Å². The van der Waals surface area contributed by atoms with Crippen molar-refractivity contribution in [3.05, 3.63) is 51.2 Å². The number of hydrogen-bond acceptors (Lipinski definition) is 4. The molecule has 0 saturated carbocycles. The summed E-state index contributed by atoms with van der Waals surface area (Å²) in [6.07, 6.45) is 0.837. The third-order valence-corrected chi connectivity index (χ3v) is 8.89. The predicted molar refractivity (Wildman–Crippen MR) is 99.1 cm³/mol. The summed E-state index contributed by atoms with van der Waals surface area (Å²) in [4.78, 5) is 1.65. The minimum Gasteiger partial charge on any atom is -0.207 e. The van der Waals surface area contributed by atoms with Crippen LogP contribution in [0.5, 0.6) is 0 Å². The van der Waals surface area contributed by atoms with Gasteiger partial charge in [-0.25, -0.2) is 8.42 Å². The summed E-state index contributed by atoms with van der Waals surface area (Å²) in [5, 5.41) is 2.95. The lowest BCUT2D eigenvalue weighted by Gasteiger charge is -2.21. The minimum atomic E-state index is -3.49. The summed E-state index contributed by atoms with van der Waals surface area (Å²) >= 11 is 9.68. The molecule has 0 amide bonds. The lowest BCUT2D eigenvalue weighted by atomic mass is 10.2. The molecule has 0 radical (unpaired) electrons. The first-order valence-electron chi connectivity index (χ1n) is 7.40. The Hall–Kier alpha value is -0.530. The van der Waals surface area contributed by atoms with Crippen LogP contribution in [0.1, 0.15) is 22.1 Å². The summed E-state index contributed by atoms with van der Waals surface area (Å²) in [6, 6.07) is 9.25. The highest BCUT2D eigenvalue weighted by Crippen LogP contribution is 2.38. The summed E-state index contributed by atoms with van der Waals surface area (Å²) < 4.78 is 27.5. The molecule has 2 heterocycles. The Bertz CT molecular complexity index is 775. The zero-order valence-corrected chi connectivity index (χ0v) is 15.9. The van der Waals surface area contributed by atoms with Crippen molar-refractivity contribution in [3.63, 3.8) is 0 Å². The van der Waals surface area contributed by atoms with E-state index in [-0.39, 0.29) is 0 Å². The SMILES string of the molecule is Cc1c(Cl)cccc1S(=O)(=O)N1CCS[C@H](c2cccs2)CC1. The molecular weight excluding hydrogens is 370 g/mol. The van der Waals surface area contributed by atoms with Crippen molar-refractivity contribution >= 4 is 44.7 Å². The molecule has 3 rings (SSSR count). The van der Waals surface area contributed by atoms with Gasteiger partial charge in [0.2, 0.25) is 10.0 Å². The molecule has 3 nitrogen and oxygen atoms in total. The molecular formula is C16H18ClNO2S3. The zero-order chi connectivity index (χ0) is 16.4. The molecule has 1 aromatic heterocycles. The van der Waals surface area contributed by atoms with Crippen molar-refractivity contribution in [1.82, 2.24) is 4.31 Å². The van der Waals surface area contributed by atoms with Crippen LogP contribution in [0.15, 0.2) is 40.6 Å². The zero-order valence-electron chi connectivity index (χ0n) is 12.7. The smallest absolute Gasteiger partial charge is 0.207 e. The van der Waals surface area contributed by atoms with E-state index in [0.29, 0.717) is 33.8 Å². The highest BCUT2D eigenvalue weighted by atomic mass is 35.5. The number of sulfonamides is 1. The lowest BCUT2D eigenvalue weighted by molar-refractivity contribution is 0.428. The van der Waals surface area contributed by atoms with Gasteiger partial charge in [-0.15, -0.1) is 11.3 Å². The van der Waals surface area contributed by atoms with E-state index in [0.717, 1.165) is 12.2 Å². The van der Waals surface area contributed by atoms with Crippen LogP contribution < -0.4 is 0 Å². The van der Waals surface area contributed by atoms with Crippen LogP contribution in [0, 0.1) is 6.92 Å². The van der Waals surface area contributed by atoms with E-state index < -0.39 is 10.0 Å². The second-order valence-corrected chi connectivity index (χ2v) is 10.0. The van der Waals surface area contributed by atoms with Crippen LogP contribution in [0.2, 0.25) is 5.02 Å². The number of hydrogen-bond donors (Lipinski definition) is 0. The van der Waals surface area contributed by atoms with Crippen molar-refractivity contribution in [2.24, 2.45) is 0 Å². The molecule has 1 aromatic carbocycles. The van der Waals surface area contributed by atoms with E-state index in [1.807, 2.05) is 11.8 Å². The molecule has 1 atom stereocenters. The molecule has 2 aromatic rings. The molecule has 0 unspecified atom stereocenters. The monoisotopic (exact) mass is 387 g/mol. The van der Waals surface area contributed by atoms with Gasteiger partial charge in [0.1, 0.15) is 0 Å². The Labute approximate surface area is 150 Å². The Morgan fingerprint density at radius 3 is 2.78 bits per heavy atom. The van der Waals surface area contributed by atoms with Crippen molar-refractivity contribution in [2.75, 3.05) is 18.8 Å². The van der Waals surface area contributed by atoms with Crippen LogP contribution in [0.4, 0.5) is 0 Å². The second kappa shape index (κ2) is 7.15. The number of thiophene rings is 1. The fourth-order valence-corrected chi connectivity index (χ4v) is 6.98. The first-order valence-corrected chi connectivity index (χ1v) is 11.1. The Morgan fingerprint density at radius 2 is 2.04 bits per heavy atom. The van der Waals surface area contributed by atoms with E-state index in [1.54, 1.807) is 40.8 Å². The normalized spacial score (nSPS) is 20.3. The molecule has 0 spiro atoms. The number of rotatable bonds is 3. The van der Waals surface area contributed by atoms with Crippen LogP contribution in [-0.2, 0) is 10.0 Å². The molecule has 0 N–H and O–H groups in total. The standard InChI is InChI=1S/C16H18ClNO2S3/c1-12-13(17)4-2-6-16(12)23(19,20)18-8-7-15(22-11-9-18)14-5-3-10-21-14/h2-6,10,15H,7-9,11H2,1H3/t15-/m0/s1. The van der Waals surface area contributed by atoms with Crippen molar-refractivity contribution in [2.45, 2.75) is 23.5 Å². The highest BCUT2D eigenvalue weighted by molar-refractivity contribution is 7.99. The maximum atomic E-state index is 13.0. The summed E-state index contributed by atoms with van der Waals surface area (Å²) in [5.74, 6) is 0.807. The number of thioether (sulfide) groups is 1. The Kier molecular flexibility index (Phi) is 5.38. The van der Waals surface area contributed by atoms with Gasteiger partial charge in [0, 0.05) is 34.0 Å². The highest BCUT2D eigenvalue weighted by Gasteiger charge is 2.30. The van der Waals surface area contributed by atoms with Gasteiger partial charge < -0.3 is 0 Å². The fourth-order valence-electron chi connectivity index (χ4n) is 2.70. The lowest BCUT2D eigenvalue weighted by Crippen LogP contribution is -2.33. The summed E-state index contributed by atoms with van der Waals surface area (Å²) in [5.41, 5.74) is 0.626. The van der Waals surface area contributed by atoms with Gasteiger partial charge in [0.15, 0.2) is 0 Å². The Morgan fingerprint density at radius 1 is 1.22 bits per heavy atom. The predicted octanol–water partition coefficient (Wildman–Crippen LogP) is 4.58. The quantitative estimate of drug-likeness (QED) is 0.773. The summed E-state index contributed by atoms with van der Waals surface area (Å²) in [7, 11) is -3.49. The van der Waals surface area contributed by atoms with Gasteiger partial charge in [-0.3, -0.25) is 0 Å². The molecule has 124 valence electrons. The topological polar surface area (TPSA) is 37.4 Å². The third-order valence-electron chi connectivity index (χ3n) is 4.00. The van der Waals surface area contributed by atoms with Gasteiger partial charge in [0.05, 0.1) is 4.90 Å². The largest absolute Gasteiger partial charge is 0.243 e. The van der Waals surface area contributed by atoms with Gasteiger partial charge in [-0.2, -0.15) is 16.1 Å². The maximum absolute atomic E-state index is 13.0. The van der Waals surface area contributed by atoms with E-state index in [9.17, 15) is 8.42 Å². The molecule has 23 heavy (non-hydrogen) atoms. The Balaban J connectivity index is 1.82. The average molecular weight is 388 g/mol. The van der Waals surface area contributed by atoms with Gasteiger partial charge in [-0.05, 0) is 42.5 Å². The second-order valence-electron chi connectivity index (χ2n) is 5.43. The molecule has 1 aliphatic heterocycles. The maximum Gasteiger partial charge on any atom is 0.243 e. The molecule has 0 bridgehead atoms. The average Bonchev–Trinajstić information content (AvgIpc) is 2.94. The van der Waals surface area contributed by atoms with Gasteiger partial charge in [0.25, 0.3) is 0 Å². The summed E-state index contributed by atoms with van der Waals surface area (Å²) in [6.45, 7) is 2.85. The van der Waals surface area contributed by atoms with Crippen LogP contribution in [0.3, 0.4) is 0 Å².